The Labute approximate surface area is 359 Å². The van der Waals surface area contributed by atoms with E-state index in [2.05, 4.69) is 108 Å². The van der Waals surface area contributed by atoms with Gasteiger partial charge in [0.2, 0.25) is 0 Å². The molecule has 0 amide bonds. The number of rotatable bonds is 8. The van der Waals surface area contributed by atoms with Crippen LogP contribution in [0.15, 0.2) is 218 Å². The first kappa shape index (κ1) is 36.5. The number of hydrogen-bond donors (Lipinski definition) is 0. The lowest BCUT2D eigenvalue weighted by Crippen LogP contribution is -2.15. The Morgan fingerprint density at radius 3 is 1.23 bits per heavy atom. The summed E-state index contributed by atoms with van der Waals surface area (Å²) in [6.45, 7) is 0. The summed E-state index contributed by atoms with van der Waals surface area (Å²) >= 11 is 0. The van der Waals surface area contributed by atoms with Crippen molar-refractivity contribution in [3.63, 3.8) is 0 Å². The predicted molar refractivity (Wildman–Crippen MR) is 248 cm³/mol. The van der Waals surface area contributed by atoms with Gasteiger partial charge < -0.3 is 9.64 Å². The quantitative estimate of drug-likeness (QED) is 0.152. The summed E-state index contributed by atoms with van der Waals surface area (Å²) in [5.74, 6) is 4.07. The van der Waals surface area contributed by atoms with E-state index in [1.165, 1.54) is 0 Å². The summed E-state index contributed by atoms with van der Waals surface area (Å²) in [4.78, 5) is 27.5. The fourth-order valence-electron chi connectivity index (χ4n) is 7.86. The number of benzene rings is 8. The van der Waals surface area contributed by atoms with Gasteiger partial charge in [-0.3, -0.25) is 0 Å². The van der Waals surface area contributed by atoms with Crippen molar-refractivity contribution < 1.29 is 4.74 Å². The van der Waals surface area contributed by atoms with Crippen LogP contribution in [0, 0.1) is 0 Å². The van der Waals surface area contributed by atoms with E-state index in [-0.39, 0.29) is 0 Å². The largest absolute Gasteiger partial charge is 0.453 e. The highest BCUT2D eigenvalue weighted by atomic mass is 16.5. The fraction of sp³-hybridized carbons (Fsp3) is 0. The minimum atomic E-state index is 0.586. The Morgan fingerprint density at radius 1 is 0.274 bits per heavy atom. The highest BCUT2D eigenvalue weighted by Crippen LogP contribution is 2.50. The number of nitrogens with zero attached hydrogens (tertiary/aromatic N) is 6. The minimum Gasteiger partial charge on any atom is -0.453 e. The highest BCUT2D eigenvalue weighted by Gasteiger charge is 2.25. The molecular weight excluding hydrogens is 761 g/mol. The molecule has 0 saturated carbocycles. The zero-order valence-corrected chi connectivity index (χ0v) is 33.4. The van der Waals surface area contributed by atoms with Crippen molar-refractivity contribution in [2.24, 2.45) is 0 Å². The van der Waals surface area contributed by atoms with Crippen LogP contribution in [-0.2, 0) is 0 Å². The van der Waals surface area contributed by atoms with E-state index in [0.29, 0.717) is 23.3 Å². The van der Waals surface area contributed by atoms with E-state index in [9.17, 15) is 0 Å². The maximum absolute atomic E-state index is 6.26. The van der Waals surface area contributed by atoms with Gasteiger partial charge in [-0.05, 0) is 77.9 Å². The van der Waals surface area contributed by atoms with Crippen LogP contribution < -0.4 is 9.64 Å². The predicted octanol–water partition coefficient (Wildman–Crippen LogP) is 13.9. The second-order valence-corrected chi connectivity index (χ2v) is 14.9. The lowest BCUT2D eigenvalue weighted by Gasteiger charge is -2.32. The number of hydrogen-bond acceptors (Lipinski definition) is 7. The topological polar surface area (TPSA) is 76.9 Å². The van der Waals surface area contributed by atoms with Gasteiger partial charge in [-0.2, -0.15) is 0 Å². The molecule has 0 atom stereocenters. The molecule has 62 heavy (non-hydrogen) atoms. The summed E-state index contributed by atoms with van der Waals surface area (Å²) in [5.41, 5.74) is 12.4. The van der Waals surface area contributed by atoms with E-state index >= 15 is 0 Å². The molecule has 0 N–H and O–H groups in total. The molecule has 10 aromatic rings. The van der Waals surface area contributed by atoms with Crippen molar-refractivity contribution in [2.75, 3.05) is 4.90 Å². The van der Waals surface area contributed by atoms with Crippen LogP contribution in [0.1, 0.15) is 0 Å². The van der Waals surface area contributed by atoms with E-state index in [4.69, 9.17) is 29.7 Å². The summed E-state index contributed by atoms with van der Waals surface area (Å²) in [7, 11) is 0. The van der Waals surface area contributed by atoms with Crippen molar-refractivity contribution in [2.45, 2.75) is 0 Å². The van der Waals surface area contributed by atoms with Crippen molar-refractivity contribution >= 4 is 17.1 Å². The Balaban J connectivity index is 0.964. The summed E-state index contributed by atoms with van der Waals surface area (Å²) in [5, 5.41) is 0. The molecule has 0 aliphatic carbocycles. The maximum Gasteiger partial charge on any atom is 0.164 e. The maximum atomic E-state index is 6.26. The van der Waals surface area contributed by atoms with Gasteiger partial charge in [0.05, 0.1) is 22.8 Å². The van der Waals surface area contributed by atoms with E-state index in [1.54, 1.807) is 0 Å². The zero-order chi connectivity index (χ0) is 41.2. The SMILES string of the molecule is c1ccc(-c2cc(-c3cccc(-c4cccc(-c5nc(-c6ccccc6)nc(-c6ccc(N7c8ccccc8Oc8ccccc87)cc6)n5)c4)c3)nc(-c3ccccc3)n2)cc1. The molecule has 292 valence electrons. The summed E-state index contributed by atoms with van der Waals surface area (Å²) < 4.78 is 6.26. The second-order valence-electron chi connectivity index (χ2n) is 14.9. The third-order valence-electron chi connectivity index (χ3n) is 10.9. The van der Waals surface area contributed by atoms with Crippen LogP contribution >= 0.6 is 0 Å². The van der Waals surface area contributed by atoms with Crippen molar-refractivity contribution in [1.29, 1.82) is 0 Å². The molecule has 3 heterocycles. The van der Waals surface area contributed by atoms with Gasteiger partial charge in [-0.15, -0.1) is 0 Å². The van der Waals surface area contributed by atoms with Crippen LogP contribution in [0.5, 0.6) is 11.5 Å². The molecule has 0 bridgehead atoms. The lowest BCUT2D eigenvalue weighted by atomic mass is 9.99. The van der Waals surface area contributed by atoms with Crippen LogP contribution in [-0.4, -0.2) is 24.9 Å². The standard InChI is InChI=1S/C55H36N6O/c1-4-16-37(17-5-1)46-36-47(57-52(56-46)38-18-6-2-7-19-38)43-24-14-22-41(34-43)42-23-15-25-44(35-42)55-59-53(39-20-8-3-9-21-39)58-54(60-55)40-30-32-45(33-31-40)61-48-26-10-12-28-50(48)62-51-29-13-11-27-49(51)61/h1-36H. The number of fused-ring (bicyclic) bond motifs is 2. The minimum absolute atomic E-state index is 0.586. The Kier molecular flexibility index (Phi) is 9.37. The Bertz CT molecular complexity index is 3110. The molecule has 0 fully saturated rings. The lowest BCUT2D eigenvalue weighted by molar-refractivity contribution is 0.477. The second kappa shape index (κ2) is 15.9. The van der Waals surface area contributed by atoms with Gasteiger partial charge in [0.1, 0.15) is 0 Å². The number of ether oxygens (including phenoxy) is 1. The molecule has 1 aliphatic rings. The third-order valence-corrected chi connectivity index (χ3v) is 10.9. The van der Waals surface area contributed by atoms with Crippen LogP contribution in [0.2, 0.25) is 0 Å². The molecule has 0 radical (unpaired) electrons. The molecule has 0 spiro atoms. The highest BCUT2D eigenvalue weighted by molar-refractivity contribution is 5.87. The molecule has 0 unspecified atom stereocenters. The molecule has 11 rings (SSSR count). The molecule has 7 nitrogen and oxygen atoms in total. The monoisotopic (exact) mass is 796 g/mol. The van der Waals surface area contributed by atoms with Gasteiger partial charge in [0.15, 0.2) is 34.8 Å². The first-order valence-electron chi connectivity index (χ1n) is 20.5. The van der Waals surface area contributed by atoms with Crippen LogP contribution in [0.4, 0.5) is 17.1 Å². The molecule has 2 aromatic heterocycles. The Morgan fingerprint density at radius 2 is 0.661 bits per heavy atom. The molecular formula is C55H36N6O. The van der Waals surface area contributed by atoms with E-state index < -0.39 is 0 Å². The fourth-order valence-corrected chi connectivity index (χ4v) is 7.86. The molecule has 1 aliphatic heterocycles. The van der Waals surface area contributed by atoms with Crippen molar-refractivity contribution in [3.05, 3.63) is 218 Å². The van der Waals surface area contributed by atoms with Crippen LogP contribution in [0.3, 0.4) is 0 Å². The number of para-hydroxylation sites is 4. The van der Waals surface area contributed by atoms with E-state index in [0.717, 1.165) is 84.5 Å². The van der Waals surface area contributed by atoms with Gasteiger partial charge in [0.25, 0.3) is 0 Å². The molecule has 7 heteroatoms. The molecule has 8 aromatic carbocycles. The number of anilines is 3. The van der Waals surface area contributed by atoms with Gasteiger partial charge in [-0.25, -0.2) is 24.9 Å². The summed E-state index contributed by atoms with van der Waals surface area (Å²) in [6.07, 6.45) is 0. The average molecular weight is 797 g/mol. The smallest absolute Gasteiger partial charge is 0.164 e. The zero-order valence-electron chi connectivity index (χ0n) is 33.4. The van der Waals surface area contributed by atoms with Crippen molar-refractivity contribution in [1.82, 2.24) is 24.9 Å². The van der Waals surface area contributed by atoms with Crippen LogP contribution in [0.25, 0.3) is 79.2 Å². The Hall–Kier alpha value is -8.55. The average Bonchev–Trinajstić information content (AvgIpc) is 3.36. The van der Waals surface area contributed by atoms with E-state index in [1.807, 2.05) is 115 Å². The normalized spacial score (nSPS) is 11.6. The van der Waals surface area contributed by atoms with Gasteiger partial charge >= 0.3 is 0 Å². The van der Waals surface area contributed by atoms with Crippen molar-refractivity contribution in [3.8, 4) is 90.7 Å². The third kappa shape index (κ3) is 7.14. The summed E-state index contributed by atoms with van der Waals surface area (Å²) in [6, 6.07) is 73.9. The first-order valence-corrected chi connectivity index (χ1v) is 20.5. The molecule has 0 saturated heterocycles. The number of aromatic nitrogens is 5. The van der Waals surface area contributed by atoms with Gasteiger partial charge in [-0.1, -0.05) is 152 Å². The first-order chi connectivity index (χ1) is 30.7. The van der Waals surface area contributed by atoms with Gasteiger partial charge in [0, 0.05) is 39.1 Å².